The Kier molecular flexibility index (Phi) is 70.3. The van der Waals surface area contributed by atoms with Crippen molar-refractivity contribution in [3.05, 3.63) is 122 Å². The predicted molar refractivity (Wildman–Crippen MR) is 371 cm³/mol. The van der Waals surface area contributed by atoms with Crippen LogP contribution in [0.25, 0.3) is 0 Å². The summed E-state index contributed by atoms with van der Waals surface area (Å²) in [6.45, 7) is 3.95. The highest BCUT2D eigenvalue weighted by atomic mass is 16.6. The molecular weight excluding hydrogens is 1030 g/mol. The molecule has 0 rings (SSSR count). The van der Waals surface area contributed by atoms with E-state index in [1.165, 1.54) is 218 Å². The number of unbranched alkanes of at least 4 members (excludes halogenated alkanes) is 38. The summed E-state index contributed by atoms with van der Waals surface area (Å²) in [4.78, 5) is 24.7. The third-order valence-electron chi connectivity index (χ3n) is 15.8. The Bertz CT molecular complexity index is 1650. The Morgan fingerprint density at radius 1 is 0.274 bits per heavy atom. The molecule has 0 aliphatic heterocycles. The largest absolute Gasteiger partial charge is 0.462 e. The molecule has 0 amide bonds. The number of esters is 2. The van der Waals surface area contributed by atoms with Crippen LogP contribution in [0.15, 0.2) is 122 Å². The van der Waals surface area contributed by atoms with Gasteiger partial charge < -0.3 is 14.6 Å². The fourth-order valence-corrected chi connectivity index (χ4v) is 10.4. The quantitative estimate of drug-likeness (QED) is 0.0373. The topological polar surface area (TPSA) is 72.8 Å². The van der Waals surface area contributed by atoms with Gasteiger partial charge in [-0.2, -0.15) is 0 Å². The molecule has 0 aliphatic rings. The van der Waals surface area contributed by atoms with Crippen LogP contribution in [-0.4, -0.2) is 36.4 Å². The van der Waals surface area contributed by atoms with Crippen LogP contribution >= 0.6 is 0 Å². The molecule has 0 radical (unpaired) electrons. The Balaban J connectivity index is 3.44. The summed E-state index contributed by atoms with van der Waals surface area (Å²) in [6, 6.07) is 0. The van der Waals surface area contributed by atoms with Crippen molar-refractivity contribution >= 4 is 11.9 Å². The maximum Gasteiger partial charge on any atom is 0.306 e. The van der Waals surface area contributed by atoms with Gasteiger partial charge in [-0.15, -0.1) is 0 Å². The van der Waals surface area contributed by atoms with E-state index in [1.54, 1.807) is 0 Å². The standard InChI is InChI=1S/C79H136O5/c1-3-5-7-9-11-13-15-17-19-21-23-25-27-29-31-33-35-37-38-39-40-42-43-45-47-49-51-53-55-57-59-61-63-65-67-69-71-73-78(81)83-76-77(75-80)84-79(82)74-72-70-68-66-64-62-60-58-56-54-52-50-48-46-44-41-36-34-32-30-28-26-24-22-20-18-16-14-12-10-8-6-4-2/h5-8,11-14,17-20,23-26,30,32,36,41,77,80H,3-4,9-10,15-16,21-22,27-29,31,33-35,37-40,42-76H2,1-2H3/b7-5-,8-6-,13-11-,14-12-,19-17-,20-18-,25-23-,26-24-,32-30-,41-36-. The molecule has 1 N–H and O–H groups in total. The van der Waals surface area contributed by atoms with E-state index in [4.69, 9.17) is 9.47 Å². The van der Waals surface area contributed by atoms with E-state index in [9.17, 15) is 14.7 Å². The number of aliphatic hydroxyl groups excluding tert-OH is 1. The summed E-state index contributed by atoms with van der Waals surface area (Å²) in [5.74, 6) is -0.579. The predicted octanol–water partition coefficient (Wildman–Crippen LogP) is 25.3. The lowest BCUT2D eigenvalue weighted by Gasteiger charge is -2.15. The number of hydrogen-bond donors (Lipinski definition) is 1. The zero-order valence-corrected chi connectivity index (χ0v) is 55.4. The number of carbonyl (C=O) groups is 2. The van der Waals surface area contributed by atoms with Crippen molar-refractivity contribution in [3.8, 4) is 0 Å². The molecule has 0 spiro atoms. The second kappa shape index (κ2) is 73.6. The Morgan fingerprint density at radius 2 is 0.476 bits per heavy atom. The Morgan fingerprint density at radius 3 is 0.714 bits per heavy atom. The highest BCUT2D eigenvalue weighted by Crippen LogP contribution is 2.18. The fourth-order valence-electron chi connectivity index (χ4n) is 10.4. The van der Waals surface area contributed by atoms with Crippen molar-refractivity contribution in [1.82, 2.24) is 0 Å². The number of hydrogen-bond acceptors (Lipinski definition) is 5. The number of aliphatic hydroxyl groups is 1. The van der Waals surface area contributed by atoms with Gasteiger partial charge in [0.25, 0.3) is 0 Å². The van der Waals surface area contributed by atoms with Gasteiger partial charge in [0.15, 0.2) is 6.10 Å². The summed E-state index contributed by atoms with van der Waals surface area (Å²) in [5.41, 5.74) is 0. The Labute approximate surface area is 522 Å². The summed E-state index contributed by atoms with van der Waals surface area (Å²) in [6.07, 6.45) is 108. The number of carbonyl (C=O) groups excluding carboxylic acids is 2. The lowest BCUT2D eigenvalue weighted by Crippen LogP contribution is -2.28. The average molecular weight is 1170 g/mol. The van der Waals surface area contributed by atoms with E-state index in [1.807, 2.05) is 0 Å². The molecule has 0 saturated carbocycles. The Hall–Kier alpha value is -3.70. The molecule has 5 nitrogen and oxygen atoms in total. The van der Waals surface area contributed by atoms with Crippen LogP contribution in [0.5, 0.6) is 0 Å². The van der Waals surface area contributed by atoms with Gasteiger partial charge in [0, 0.05) is 12.8 Å². The number of rotatable bonds is 66. The van der Waals surface area contributed by atoms with Gasteiger partial charge in [-0.3, -0.25) is 9.59 Å². The summed E-state index contributed by atoms with van der Waals surface area (Å²) < 4.78 is 10.8. The molecule has 0 bridgehead atoms. The average Bonchev–Trinajstić information content (AvgIpc) is 3.51. The van der Waals surface area contributed by atoms with Gasteiger partial charge in [0.05, 0.1) is 6.61 Å². The van der Waals surface area contributed by atoms with E-state index in [0.29, 0.717) is 12.8 Å². The molecule has 5 heteroatoms. The van der Waals surface area contributed by atoms with Crippen LogP contribution in [0, 0.1) is 0 Å². The van der Waals surface area contributed by atoms with Crippen LogP contribution in [0.1, 0.15) is 348 Å². The molecule has 0 heterocycles. The summed E-state index contributed by atoms with van der Waals surface area (Å²) in [5, 5.41) is 9.71. The molecule has 0 aromatic rings. The van der Waals surface area contributed by atoms with Crippen LogP contribution in [0.2, 0.25) is 0 Å². The van der Waals surface area contributed by atoms with Gasteiger partial charge in [-0.1, -0.05) is 354 Å². The third kappa shape index (κ3) is 70.8. The summed E-state index contributed by atoms with van der Waals surface area (Å²) in [7, 11) is 0. The van der Waals surface area contributed by atoms with Crippen LogP contribution in [0.3, 0.4) is 0 Å². The van der Waals surface area contributed by atoms with Crippen LogP contribution in [-0.2, 0) is 19.1 Å². The highest BCUT2D eigenvalue weighted by Gasteiger charge is 2.16. The van der Waals surface area contributed by atoms with Crippen molar-refractivity contribution in [3.63, 3.8) is 0 Å². The molecule has 1 unspecified atom stereocenters. The van der Waals surface area contributed by atoms with Crippen molar-refractivity contribution in [2.24, 2.45) is 0 Å². The van der Waals surface area contributed by atoms with E-state index >= 15 is 0 Å². The van der Waals surface area contributed by atoms with E-state index in [0.717, 1.165) is 103 Å². The third-order valence-corrected chi connectivity index (χ3v) is 15.8. The van der Waals surface area contributed by atoms with Crippen molar-refractivity contribution in [1.29, 1.82) is 0 Å². The van der Waals surface area contributed by atoms with E-state index in [2.05, 4.69) is 135 Å². The number of ether oxygens (including phenoxy) is 2. The first-order valence-electron chi connectivity index (χ1n) is 36.1. The maximum absolute atomic E-state index is 12.4. The van der Waals surface area contributed by atoms with Crippen molar-refractivity contribution in [2.75, 3.05) is 13.2 Å². The first kappa shape index (κ1) is 80.3. The van der Waals surface area contributed by atoms with Gasteiger partial charge in [-0.25, -0.2) is 0 Å². The lowest BCUT2D eigenvalue weighted by atomic mass is 10.0. The van der Waals surface area contributed by atoms with Crippen molar-refractivity contribution < 1.29 is 24.2 Å². The molecule has 1 atom stereocenters. The second-order valence-corrected chi connectivity index (χ2v) is 23.9. The molecule has 84 heavy (non-hydrogen) atoms. The molecule has 0 aromatic carbocycles. The van der Waals surface area contributed by atoms with Crippen LogP contribution in [0.4, 0.5) is 0 Å². The van der Waals surface area contributed by atoms with Crippen molar-refractivity contribution in [2.45, 2.75) is 354 Å². The minimum Gasteiger partial charge on any atom is -0.462 e. The van der Waals surface area contributed by atoms with Gasteiger partial charge in [0.1, 0.15) is 6.61 Å². The smallest absolute Gasteiger partial charge is 0.306 e. The van der Waals surface area contributed by atoms with Crippen LogP contribution < -0.4 is 0 Å². The normalized spacial score (nSPS) is 12.9. The first-order chi connectivity index (χ1) is 41.6. The molecule has 0 aromatic heterocycles. The molecular formula is C79H136O5. The number of allylic oxidation sites excluding steroid dienone is 20. The monoisotopic (exact) mass is 1170 g/mol. The molecule has 0 aliphatic carbocycles. The van der Waals surface area contributed by atoms with Gasteiger partial charge in [0.2, 0.25) is 0 Å². The fraction of sp³-hybridized carbons (Fsp3) is 0.722. The van der Waals surface area contributed by atoms with E-state index < -0.39 is 6.10 Å². The second-order valence-electron chi connectivity index (χ2n) is 23.9. The minimum absolute atomic E-state index is 0.0663. The first-order valence-corrected chi connectivity index (χ1v) is 36.1. The molecule has 0 saturated heterocycles. The maximum atomic E-state index is 12.4. The minimum atomic E-state index is -0.778. The zero-order chi connectivity index (χ0) is 60.5. The van der Waals surface area contributed by atoms with Gasteiger partial charge >= 0.3 is 11.9 Å². The SMILES string of the molecule is CC/C=C\C/C=C\C/C=C\C/C=C\C/C=C\C/C=C\CCCCCCCCCCCCCCCCC(=O)OC(CO)COC(=O)CCCCCCCCCCCCCCCCCCCCCCCCCC/C=C\C/C=C\C/C=C\C/C=C\CC. The van der Waals surface area contributed by atoms with Gasteiger partial charge in [-0.05, 0) is 103 Å². The zero-order valence-electron chi connectivity index (χ0n) is 55.4. The summed E-state index contributed by atoms with van der Waals surface area (Å²) >= 11 is 0. The highest BCUT2D eigenvalue weighted by molar-refractivity contribution is 5.70. The molecule has 0 fully saturated rings. The molecule has 482 valence electrons. The van der Waals surface area contributed by atoms with E-state index in [-0.39, 0.29) is 25.2 Å². The lowest BCUT2D eigenvalue weighted by molar-refractivity contribution is -0.161.